The van der Waals surface area contributed by atoms with E-state index in [4.69, 9.17) is 21.1 Å². The molecule has 6 heteroatoms. The van der Waals surface area contributed by atoms with Gasteiger partial charge in [0.15, 0.2) is 11.5 Å². The van der Waals surface area contributed by atoms with Crippen molar-refractivity contribution in [1.82, 2.24) is 9.97 Å². The molecule has 0 unspecified atom stereocenters. The first-order valence-electron chi connectivity index (χ1n) is 7.80. The molecule has 25 heavy (non-hydrogen) atoms. The van der Waals surface area contributed by atoms with Gasteiger partial charge in [-0.3, -0.25) is 9.78 Å². The maximum Gasteiger partial charge on any atom is 0.231 e. The van der Waals surface area contributed by atoms with Gasteiger partial charge in [0.05, 0.1) is 11.3 Å². The number of aromatic amines is 1. The van der Waals surface area contributed by atoms with E-state index in [1.165, 1.54) is 0 Å². The van der Waals surface area contributed by atoms with Gasteiger partial charge in [-0.1, -0.05) is 17.7 Å². The molecular weight excluding hydrogens is 340 g/mol. The quantitative estimate of drug-likeness (QED) is 0.752. The molecule has 0 amide bonds. The fraction of sp³-hybridized carbons (Fsp3) is 0.158. The summed E-state index contributed by atoms with van der Waals surface area (Å²) in [5.41, 5.74) is 4.22. The Labute approximate surface area is 149 Å². The van der Waals surface area contributed by atoms with Gasteiger partial charge < -0.3 is 14.5 Å². The predicted molar refractivity (Wildman–Crippen MR) is 96.3 cm³/mol. The molecule has 126 valence electrons. The molecule has 0 spiro atoms. The number of pyridine rings is 2. The second-order valence-corrected chi connectivity index (χ2v) is 6.27. The van der Waals surface area contributed by atoms with E-state index < -0.39 is 0 Å². The minimum atomic E-state index is -0.187. The summed E-state index contributed by atoms with van der Waals surface area (Å²) < 4.78 is 10.7. The molecule has 3 aromatic rings. The molecule has 3 heterocycles. The zero-order chi connectivity index (χ0) is 17.6. The van der Waals surface area contributed by atoms with E-state index in [-0.39, 0.29) is 17.2 Å². The summed E-state index contributed by atoms with van der Waals surface area (Å²) in [7, 11) is 0. The fourth-order valence-corrected chi connectivity index (χ4v) is 3.11. The first-order valence-corrected chi connectivity index (χ1v) is 8.18. The van der Waals surface area contributed by atoms with Gasteiger partial charge in [0, 0.05) is 28.7 Å². The molecule has 0 aliphatic carbocycles. The molecule has 0 bridgehead atoms. The summed E-state index contributed by atoms with van der Waals surface area (Å²) in [6.07, 6.45) is 1.68. The van der Waals surface area contributed by atoms with E-state index in [1.807, 2.05) is 37.3 Å². The van der Waals surface area contributed by atoms with Crippen LogP contribution in [0.4, 0.5) is 0 Å². The third-order valence-electron chi connectivity index (χ3n) is 4.23. The van der Waals surface area contributed by atoms with Crippen LogP contribution in [0.15, 0.2) is 41.3 Å². The smallest absolute Gasteiger partial charge is 0.231 e. The first-order chi connectivity index (χ1) is 12.0. The number of halogens is 1. The summed E-state index contributed by atoms with van der Waals surface area (Å²) in [6.45, 7) is 3.87. The molecule has 0 atom stereocenters. The van der Waals surface area contributed by atoms with Gasteiger partial charge in [-0.05, 0) is 38.1 Å². The molecular formula is C19H15ClN2O3. The molecule has 5 nitrogen and oxygen atoms in total. The third-order valence-corrected chi connectivity index (χ3v) is 4.68. The fourth-order valence-electron chi connectivity index (χ4n) is 2.96. The number of hydrogen-bond donors (Lipinski definition) is 1. The minimum Gasteiger partial charge on any atom is -0.454 e. The average Bonchev–Trinajstić information content (AvgIpc) is 3.08. The van der Waals surface area contributed by atoms with Crippen LogP contribution in [0.2, 0.25) is 5.02 Å². The Kier molecular flexibility index (Phi) is 3.73. The topological polar surface area (TPSA) is 64.2 Å². The van der Waals surface area contributed by atoms with Crippen LogP contribution < -0.4 is 14.9 Å². The number of fused-ring (bicyclic) bond motifs is 1. The summed E-state index contributed by atoms with van der Waals surface area (Å²) in [4.78, 5) is 20.1. The van der Waals surface area contributed by atoms with Gasteiger partial charge in [0.25, 0.3) is 0 Å². The normalized spacial score (nSPS) is 12.4. The van der Waals surface area contributed by atoms with Crippen molar-refractivity contribution >= 4 is 11.6 Å². The lowest BCUT2D eigenvalue weighted by Gasteiger charge is -2.09. The maximum atomic E-state index is 12.5. The van der Waals surface area contributed by atoms with Gasteiger partial charge in [-0.2, -0.15) is 0 Å². The Morgan fingerprint density at radius 2 is 1.80 bits per heavy atom. The van der Waals surface area contributed by atoms with Crippen molar-refractivity contribution in [2.45, 2.75) is 13.8 Å². The van der Waals surface area contributed by atoms with Crippen molar-refractivity contribution in [3.63, 3.8) is 0 Å². The monoisotopic (exact) mass is 354 g/mol. The Morgan fingerprint density at radius 1 is 1.04 bits per heavy atom. The van der Waals surface area contributed by atoms with Gasteiger partial charge in [-0.25, -0.2) is 0 Å². The largest absolute Gasteiger partial charge is 0.454 e. The van der Waals surface area contributed by atoms with E-state index in [0.29, 0.717) is 17.0 Å². The number of hydrogen-bond acceptors (Lipinski definition) is 4. The molecule has 0 saturated carbocycles. The SMILES string of the molecule is Cc1[nH]c(C)c(-c2ccc(-c3ccc4c(c3)OCO4)nc2)c(=O)c1Cl. The number of H-pyrrole nitrogens is 1. The highest BCUT2D eigenvalue weighted by Gasteiger charge is 2.16. The molecule has 1 N–H and O–H groups in total. The number of benzene rings is 1. The average molecular weight is 355 g/mol. The Balaban J connectivity index is 1.74. The van der Waals surface area contributed by atoms with Crippen molar-refractivity contribution in [2.75, 3.05) is 6.79 Å². The molecule has 1 aromatic carbocycles. The maximum absolute atomic E-state index is 12.5. The Morgan fingerprint density at radius 3 is 2.56 bits per heavy atom. The Bertz CT molecular complexity index is 1030. The van der Waals surface area contributed by atoms with Crippen molar-refractivity contribution < 1.29 is 9.47 Å². The minimum absolute atomic E-state index is 0.187. The van der Waals surface area contributed by atoms with Gasteiger partial charge >= 0.3 is 0 Å². The third kappa shape index (κ3) is 2.66. The van der Waals surface area contributed by atoms with Crippen molar-refractivity contribution in [3.8, 4) is 33.9 Å². The number of nitrogens with one attached hydrogen (secondary N) is 1. The Hall–Kier alpha value is -2.79. The van der Waals surface area contributed by atoms with Crippen LogP contribution in [0.5, 0.6) is 11.5 Å². The number of aryl methyl sites for hydroxylation is 2. The summed E-state index contributed by atoms with van der Waals surface area (Å²) in [5.74, 6) is 1.44. The summed E-state index contributed by atoms with van der Waals surface area (Å²) >= 11 is 6.10. The van der Waals surface area contributed by atoms with Crippen LogP contribution in [0.3, 0.4) is 0 Å². The second kappa shape index (κ2) is 5.93. The van der Waals surface area contributed by atoms with E-state index in [0.717, 1.165) is 28.3 Å². The second-order valence-electron chi connectivity index (χ2n) is 5.89. The molecule has 0 saturated heterocycles. The number of aromatic nitrogens is 2. The first kappa shape index (κ1) is 15.7. The van der Waals surface area contributed by atoms with Crippen LogP contribution in [0.25, 0.3) is 22.4 Å². The summed E-state index contributed by atoms with van der Waals surface area (Å²) in [6, 6.07) is 9.43. The van der Waals surface area contributed by atoms with Crippen molar-refractivity contribution in [2.24, 2.45) is 0 Å². The zero-order valence-corrected chi connectivity index (χ0v) is 14.5. The lowest BCUT2D eigenvalue weighted by atomic mass is 10.0. The van der Waals surface area contributed by atoms with Crippen LogP contribution in [0.1, 0.15) is 11.4 Å². The number of rotatable bonds is 2. The van der Waals surface area contributed by atoms with Crippen LogP contribution in [0, 0.1) is 13.8 Å². The molecule has 1 aliphatic rings. The molecule has 4 rings (SSSR count). The number of nitrogens with zero attached hydrogens (tertiary/aromatic N) is 1. The van der Waals surface area contributed by atoms with E-state index >= 15 is 0 Å². The van der Waals surface area contributed by atoms with E-state index in [1.54, 1.807) is 13.1 Å². The van der Waals surface area contributed by atoms with E-state index in [2.05, 4.69) is 9.97 Å². The van der Waals surface area contributed by atoms with Crippen molar-refractivity contribution in [3.05, 3.63) is 63.2 Å². The number of ether oxygens (including phenoxy) is 2. The highest BCUT2D eigenvalue weighted by atomic mass is 35.5. The molecule has 0 radical (unpaired) electrons. The van der Waals surface area contributed by atoms with Crippen LogP contribution in [-0.4, -0.2) is 16.8 Å². The molecule has 0 fully saturated rings. The van der Waals surface area contributed by atoms with Gasteiger partial charge in [0.1, 0.15) is 5.02 Å². The van der Waals surface area contributed by atoms with E-state index in [9.17, 15) is 4.79 Å². The highest BCUT2D eigenvalue weighted by Crippen LogP contribution is 2.35. The summed E-state index contributed by atoms with van der Waals surface area (Å²) in [5, 5.41) is 0.209. The van der Waals surface area contributed by atoms with Gasteiger partial charge in [0.2, 0.25) is 12.2 Å². The lowest BCUT2D eigenvalue weighted by Crippen LogP contribution is -2.11. The van der Waals surface area contributed by atoms with Gasteiger partial charge in [-0.15, -0.1) is 0 Å². The van der Waals surface area contributed by atoms with Crippen molar-refractivity contribution in [1.29, 1.82) is 0 Å². The predicted octanol–water partition coefficient (Wildman–Crippen LogP) is 4.10. The lowest BCUT2D eigenvalue weighted by molar-refractivity contribution is 0.174. The van der Waals surface area contributed by atoms with Crippen LogP contribution in [-0.2, 0) is 0 Å². The highest BCUT2D eigenvalue weighted by molar-refractivity contribution is 6.31. The standard InChI is InChI=1S/C19H15ClN2O3/c1-10-17(19(23)18(20)11(2)22-10)13-3-5-14(21-8-13)12-4-6-15-16(7-12)25-9-24-15/h3-8H,9H2,1-2H3,(H,22,23). The van der Waals surface area contributed by atoms with Crippen LogP contribution >= 0.6 is 11.6 Å². The zero-order valence-electron chi connectivity index (χ0n) is 13.7. The molecule has 2 aromatic heterocycles. The molecule has 1 aliphatic heterocycles.